The van der Waals surface area contributed by atoms with Gasteiger partial charge in [0.05, 0.1) is 0 Å². The lowest BCUT2D eigenvalue weighted by molar-refractivity contribution is -0.00410. The summed E-state index contributed by atoms with van der Waals surface area (Å²) in [5.74, 6) is 0.693. The summed E-state index contributed by atoms with van der Waals surface area (Å²) in [6, 6.07) is 12.5. The van der Waals surface area contributed by atoms with Crippen LogP contribution in [0.2, 0.25) is 0 Å². The van der Waals surface area contributed by atoms with Crippen LogP contribution in [0.15, 0.2) is 42.6 Å². The van der Waals surface area contributed by atoms with E-state index in [0.29, 0.717) is 5.92 Å². The monoisotopic (exact) mass is 347 g/mol. The van der Waals surface area contributed by atoms with Crippen LogP contribution in [0.4, 0.5) is 0 Å². The zero-order chi connectivity index (χ0) is 15.6. The zero-order valence-corrected chi connectivity index (χ0v) is 14.7. The number of aliphatic hydroxyl groups is 1. The predicted molar refractivity (Wildman–Crippen MR) is 97.9 cm³/mol. The summed E-state index contributed by atoms with van der Waals surface area (Å²) in [5.41, 5.74) is 3.68. The predicted octanol–water partition coefficient (Wildman–Crippen LogP) is 3.16. The van der Waals surface area contributed by atoms with Crippen LogP contribution in [-0.4, -0.2) is 39.5 Å². The molecule has 0 radical (unpaired) electrons. The molecule has 5 heteroatoms. The van der Waals surface area contributed by atoms with Crippen molar-refractivity contribution in [3.05, 3.63) is 59.4 Å². The van der Waals surface area contributed by atoms with Gasteiger partial charge in [-0.05, 0) is 55.1 Å². The Labute approximate surface area is 149 Å². The van der Waals surface area contributed by atoms with Crippen LogP contribution in [0.1, 0.15) is 35.9 Å². The molecular weight excluding hydrogens is 322 g/mol. The lowest BCUT2D eigenvalue weighted by Crippen LogP contribution is -2.38. The van der Waals surface area contributed by atoms with Gasteiger partial charge in [-0.2, -0.15) is 0 Å². The summed E-state index contributed by atoms with van der Waals surface area (Å²) >= 11 is 0. The second kappa shape index (κ2) is 7.70. The SMILES string of the molecule is Cl.OC1c2ccccc2CN1CC1CCN(Cc2ccc[nH]2)CC1. The normalized spacial score (nSPS) is 22.3. The molecule has 0 aliphatic carbocycles. The third kappa shape index (κ3) is 3.67. The van der Waals surface area contributed by atoms with Crippen molar-refractivity contribution in [3.8, 4) is 0 Å². The minimum absolute atomic E-state index is 0. The second-order valence-electron chi connectivity index (χ2n) is 6.92. The molecule has 2 aromatic rings. The third-order valence-electron chi connectivity index (χ3n) is 5.31. The van der Waals surface area contributed by atoms with Crippen LogP contribution in [-0.2, 0) is 13.1 Å². The molecule has 1 aromatic carbocycles. The van der Waals surface area contributed by atoms with Gasteiger partial charge in [0, 0.05) is 31.5 Å². The summed E-state index contributed by atoms with van der Waals surface area (Å²) in [5, 5.41) is 10.5. The standard InChI is InChI=1S/C19H25N3O.ClH/c23-19-18-6-2-1-4-16(18)13-22(19)12-15-7-10-21(11-8-15)14-17-5-3-9-20-17;/h1-6,9,15,19-20,23H,7-8,10-14H2;1H. The average molecular weight is 348 g/mol. The Balaban J connectivity index is 0.00000169. The highest BCUT2D eigenvalue weighted by Gasteiger charge is 2.30. The first-order valence-corrected chi connectivity index (χ1v) is 8.64. The highest BCUT2D eigenvalue weighted by molar-refractivity contribution is 5.85. The molecule has 2 aliphatic heterocycles. The van der Waals surface area contributed by atoms with Crippen molar-refractivity contribution in [2.45, 2.75) is 32.2 Å². The van der Waals surface area contributed by atoms with E-state index in [1.165, 1.54) is 24.1 Å². The maximum Gasteiger partial charge on any atom is 0.134 e. The molecule has 1 saturated heterocycles. The van der Waals surface area contributed by atoms with E-state index in [4.69, 9.17) is 0 Å². The van der Waals surface area contributed by atoms with Crippen LogP contribution < -0.4 is 0 Å². The van der Waals surface area contributed by atoms with E-state index >= 15 is 0 Å². The molecule has 0 amide bonds. The number of fused-ring (bicyclic) bond motifs is 1. The molecule has 4 rings (SSSR count). The summed E-state index contributed by atoms with van der Waals surface area (Å²) in [4.78, 5) is 8.04. The third-order valence-corrected chi connectivity index (χ3v) is 5.31. The van der Waals surface area contributed by atoms with Gasteiger partial charge in [-0.15, -0.1) is 12.4 Å². The summed E-state index contributed by atoms with van der Waals surface area (Å²) in [6.07, 6.45) is 4.03. The fourth-order valence-corrected chi connectivity index (χ4v) is 3.96. The van der Waals surface area contributed by atoms with Crippen molar-refractivity contribution in [1.82, 2.24) is 14.8 Å². The molecule has 0 spiro atoms. The Morgan fingerprint density at radius 1 is 1.08 bits per heavy atom. The highest BCUT2D eigenvalue weighted by Crippen LogP contribution is 2.33. The Morgan fingerprint density at radius 2 is 1.88 bits per heavy atom. The van der Waals surface area contributed by atoms with Crippen molar-refractivity contribution >= 4 is 12.4 Å². The summed E-state index contributed by atoms with van der Waals surface area (Å²) in [6.45, 7) is 5.23. The lowest BCUT2D eigenvalue weighted by atomic mass is 9.96. The molecule has 2 N–H and O–H groups in total. The topological polar surface area (TPSA) is 42.5 Å². The number of benzene rings is 1. The van der Waals surface area contributed by atoms with E-state index in [9.17, 15) is 5.11 Å². The van der Waals surface area contributed by atoms with Gasteiger partial charge in [0.25, 0.3) is 0 Å². The van der Waals surface area contributed by atoms with Crippen molar-refractivity contribution in [1.29, 1.82) is 0 Å². The Kier molecular flexibility index (Phi) is 5.61. The van der Waals surface area contributed by atoms with Gasteiger partial charge >= 0.3 is 0 Å². The molecule has 2 aliphatic rings. The molecular formula is C19H26ClN3O. The van der Waals surface area contributed by atoms with Gasteiger partial charge in [-0.1, -0.05) is 24.3 Å². The van der Waals surface area contributed by atoms with Crippen molar-refractivity contribution < 1.29 is 5.11 Å². The maximum atomic E-state index is 10.5. The first-order chi connectivity index (χ1) is 11.3. The van der Waals surface area contributed by atoms with E-state index in [1.807, 2.05) is 12.3 Å². The molecule has 1 atom stereocenters. The number of hydrogen-bond donors (Lipinski definition) is 2. The smallest absolute Gasteiger partial charge is 0.134 e. The maximum absolute atomic E-state index is 10.5. The summed E-state index contributed by atoms with van der Waals surface area (Å²) in [7, 11) is 0. The number of likely N-dealkylation sites (tertiary alicyclic amines) is 1. The number of piperidine rings is 1. The molecule has 0 saturated carbocycles. The number of H-pyrrole nitrogens is 1. The fraction of sp³-hybridized carbons (Fsp3) is 0.474. The number of nitrogens with zero attached hydrogens (tertiary/aromatic N) is 2. The van der Waals surface area contributed by atoms with Gasteiger partial charge in [0.2, 0.25) is 0 Å². The number of rotatable bonds is 4. The van der Waals surface area contributed by atoms with Crippen molar-refractivity contribution in [3.63, 3.8) is 0 Å². The number of hydrogen-bond acceptors (Lipinski definition) is 3. The van der Waals surface area contributed by atoms with Gasteiger partial charge in [-0.25, -0.2) is 0 Å². The van der Waals surface area contributed by atoms with Gasteiger partial charge in [0.15, 0.2) is 0 Å². The van der Waals surface area contributed by atoms with Gasteiger partial charge in [0.1, 0.15) is 6.23 Å². The summed E-state index contributed by atoms with van der Waals surface area (Å²) < 4.78 is 0. The molecule has 24 heavy (non-hydrogen) atoms. The first-order valence-electron chi connectivity index (χ1n) is 8.64. The molecule has 1 unspecified atom stereocenters. The molecule has 0 bridgehead atoms. The number of aromatic nitrogens is 1. The van der Waals surface area contributed by atoms with Crippen LogP contribution in [0.3, 0.4) is 0 Å². The van der Waals surface area contributed by atoms with E-state index < -0.39 is 6.23 Å². The fourth-order valence-electron chi connectivity index (χ4n) is 3.96. The van der Waals surface area contributed by atoms with Crippen LogP contribution >= 0.6 is 12.4 Å². The Morgan fingerprint density at radius 3 is 2.58 bits per heavy atom. The Hall–Kier alpha value is -1.33. The van der Waals surface area contributed by atoms with E-state index in [-0.39, 0.29) is 12.4 Å². The minimum Gasteiger partial charge on any atom is -0.374 e. The molecule has 1 fully saturated rings. The quantitative estimate of drug-likeness (QED) is 0.892. The van der Waals surface area contributed by atoms with E-state index in [0.717, 1.165) is 38.3 Å². The molecule has 4 nitrogen and oxygen atoms in total. The van der Waals surface area contributed by atoms with Crippen LogP contribution in [0.25, 0.3) is 0 Å². The largest absolute Gasteiger partial charge is 0.374 e. The molecule has 3 heterocycles. The van der Waals surface area contributed by atoms with Crippen molar-refractivity contribution in [2.75, 3.05) is 19.6 Å². The minimum atomic E-state index is -0.414. The van der Waals surface area contributed by atoms with Gasteiger partial charge < -0.3 is 10.1 Å². The zero-order valence-electron chi connectivity index (χ0n) is 13.9. The highest BCUT2D eigenvalue weighted by atomic mass is 35.5. The molecule has 1 aromatic heterocycles. The number of aromatic amines is 1. The average Bonchev–Trinajstić information content (AvgIpc) is 3.19. The van der Waals surface area contributed by atoms with E-state index in [1.54, 1.807) is 0 Å². The lowest BCUT2D eigenvalue weighted by Gasteiger charge is -2.34. The number of aliphatic hydroxyl groups excluding tert-OH is 1. The Bertz CT molecular complexity index is 638. The van der Waals surface area contributed by atoms with E-state index in [2.05, 4.69) is 45.1 Å². The van der Waals surface area contributed by atoms with Crippen LogP contribution in [0, 0.1) is 5.92 Å². The van der Waals surface area contributed by atoms with Crippen LogP contribution in [0.5, 0.6) is 0 Å². The first kappa shape index (κ1) is 17.5. The second-order valence-corrected chi connectivity index (χ2v) is 6.92. The number of halogens is 1. The number of nitrogens with one attached hydrogen (secondary N) is 1. The molecule has 130 valence electrons. The van der Waals surface area contributed by atoms with Gasteiger partial charge in [-0.3, -0.25) is 9.80 Å². The van der Waals surface area contributed by atoms with Crippen molar-refractivity contribution in [2.24, 2.45) is 5.92 Å².